The highest BCUT2D eigenvalue weighted by atomic mass is 16.3. The third kappa shape index (κ3) is 5.98. The molecule has 0 aliphatic heterocycles. The first-order valence-electron chi connectivity index (χ1n) is 12.3. The average Bonchev–Trinajstić information content (AvgIpc) is 3.10. The molecule has 2 aromatic carbocycles. The highest BCUT2D eigenvalue weighted by molar-refractivity contribution is 5.80. The number of aliphatic hydroxyl groups is 1. The van der Waals surface area contributed by atoms with Gasteiger partial charge in [-0.1, -0.05) is 76.3 Å². The van der Waals surface area contributed by atoms with Crippen LogP contribution in [0.2, 0.25) is 0 Å². The molecule has 0 radical (unpaired) electrons. The first-order chi connectivity index (χ1) is 15.6. The lowest BCUT2D eigenvalue weighted by atomic mass is 10.0. The molecule has 0 bridgehead atoms. The zero-order valence-corrected chi connectivity index (χ0v) is 20.3. The number of aliphatic hydroxyl groups excluding tert-OH is 1. The molecule has 0 amide bonds. The van der Waals surface area contributed by atoms with Gasteiger partial charge in [-0.2, -0.15) is 0 Å². The van der Waals surface area contributed by atoms with Gasteiger partial charge in [-0.25, -0.2) is 0 Å². The van der Waals surface area contributed by atoms with Gasteiger partial charge in [0, 0.05) is 13.1 Å². The van der Waals surface area contributed by atoms with Crippen LogP contribution >= 0.6 is 0 Å². The number of fused-ring (bicyclic) bond motifs is 3. The van der Waals surface area contributed by atoms with E-state index in [2.05, 4.69) is 98.2 Å². The molecule has 3 nitrogen and oxygen atoms in total. The number of rotatable bonds is 12. The molecule has 0 fully saturated rings. The molecule has 1 aliphatic carbocycles. The summed E-state index contributed by atoms with van der Waals surface area (Å²) < 4.78 is 0. The molecule has 0 heterocycles. The largest absolute Gasteiger partial charge is 0.384 e. The maximum atomic E-state index is 11.0. The van der Waals surface area contributed by atoms with Crippen LogP contribution in [0.25, 0.3) is 23.3 Å². The van der Waals surface area contributed by atoms with E-state index in [4.69, 9.17) is 0 Å². The Morgan fingerprint density at radius 1 is 0.688 bits per heavy atom. The highest BCUT2D eigenvalue weighted by Crippen LogP contribution is 2.44. The Bertz CT molecular complexity index is 847. The molecule has 3 heteroatoms. The van der Waals surface area contributed by atoms with Crippen molar-refractivity contribution in [2.75, 3.05) is 39.3 Å². The van der Waals surface area contributed by atoms with E-state index in [0.29, 0.717) is 0 Å². The van der Waals surface area contributed by atoms with Gasteiger partial charge in [0.1, 0.15) is 6.10 Å². The quantitative estimate of drug-likeness (QED) is 0.430. The molecule has 0 spiro atoms. The number of hydrogen-bond acceptors (Lipinski definition) is 3. The van der Waals surface area contributed by atoms with Gasteiger partial charge in [-0.3, -0.25) is 0 Å². The molecule has 0 unspecified atom stereocenters. The van der Waals surface area contributed by atoms with Crippen LogP contribution in [-0.2, 0) is 0 Å². The van der Waals surface area contributed by atoms with Gasteiger partial charge >= 0.3 is 0 Å². The summed E-state index contributed by atoms with van der Waals surface area (Å²) in [6.07, 6.45) is 10.4. The second-order valence-electron chi connectivity index (χ2n) is 8.53. The van der Waals surface area contributed by atoms with Crippen molar-refractivity contribution in [2.24, 2.45) is 0 Å². The van der Waals surface area contributed by atoms with E-state index in [1.54, 1.807) is 0 Å². The van der Waals surface area contributed by atoms with Gasteiger partial charge in [-0.05, 0) is 84.5 Å². The first kappa shape index (κ1) is 24.4. The molecule has 0 saturated carbocycles. The summed E-state index contributed by atoms with van der Waals surface area (Å²) in [5.41, 5.74) is 6.68. The van der Waals surface area contributed by atoms with Gasteiger partial charge in [0.15, 0.2) is 0 Å². The van der Waals surface area contributed by atoms with Crippen LogP contribution in [0.15, 0.2) is 48.6 Å². The van der Waals surface area contributed by atoms with E-state index in [1.165, 1.54) is 0 Å². The van der Waals surface area contributed by atoms with Crippen molar-refractivity contribution >= 4 is 12.2 Å². The molecule has 32 heavy (non-hydrogen) atoms. The predicted molar refractivity (Wildman–Crippen MR) is 139 cm³/mol. The molecule has 0 aromatic heterocycles. The summed E-state index contributed by atoms with van der Waals surface area (Å²) >= 11 is 0. The van der Waals surface area contributed by atoms with Gasteiger partial charge in [0.05, 0.1) is 0 Å². The van der Waals surface area contributed by atoms with E-state index in [-0.39, 0.29) is 0 Å². The Balaban J connectivity index is 1.66. The minimum absolute atomic E-state index is 0.548. The fourth-order valence-corrected chi connectivity index (χ4v) is 4.51. The topological polar surface area (TPSA) is 26.7 Å². The molecule has 172 valence electrons. The van der Waals surface area contributed by atoms with Gasteiger partial charge in [-0.15, -0.1) is 0 Å². The lowest BCUT2D eigenvalue weighted by Gasteiger charge is -2.16. The summed E-state index contributed by atoms with van der Waals surface area (Å²) in [5.74, 6) is 0. The second kappa shape index (κ2) is 12.2. The summed E-state index contributed by atoms with van der Waals surface area (Å²) in [5, 5.41) is 11.0. The van der Waals surface area contributed by atoms with Crippen LogP contribution in [0, 0.1) is 0 Å². The summed E-state index contributed by atoms with van der Waals surface area (Å²) in [6, 6.07) is 12.9. The predicted octanol–water partition coefficient (Wildman–Crippen LogP) is 6.24. The average molecular weight is 433 g/mol. The van der Waals surface area contributed by atoms with Crippen molar-refractivity contribution in [2.45, 2.75) is 46.6 Å². The van der Waals surface area contributed by atoms with E-state index >= 15 is 0 Å². The second-order valence-corrected chi connectivity index (χ2v) is 8.53. The molecule has 1 N–H and O–H groups in total. The number of benzene rings is 2. The van der Waals surface area contributed by atoms with Gasteiger partial charge < -0.3 is 14.9 Å². The van der Waals surface area contributed by atoms with Crippen LogP contribution in [0.5, 0.6) is 0 Å². The first-order valence-corrected chi connectivity index (χ1v) is 12.3. The van der Waals surface area contributed by atoms with Crippen molar-refractivity contribution in [1.29, 1.82) is 0 Å². The standard InChI is InChI=1S/C29H40N2O/c1-5-30(6-2)19-11-9-13-23-15-17-25-26-18-16-24(14-10-12-20-31(7-3)8-4)22-28(26)29(32)27(25)21-23/h9-10,13-18,21-22,29,32H,5-8,11-12,19-20H2,1-4H3. The monoisotopic (exact) mass is 432 g/mol. The minimum atomic E-state index is -0.548. The zero-order valence-electron chi connectivity index (χ0n) is 20.3. The smallest absolute Gasteiger partial charge is 0.105 e. The number of nitrogens with zero attached hydrogens (tertiary/aromatic N) is 2. The van der Waals surface area contributed by atoms with E-state index < -0.39 is 6.10 Å². The van der Waals surface area contributed by atoms with Crippen LogP contribution in [0.3, 0.4) is 0 Å². The Labute approximate surface area is 195 Å². The summed E-state index contributed by atoms with van der Waals surface area (Å²) in [6.45, 7) is 15.4. The normalized spacial score (nSPS) is 15.4. The summed E-state index contributed by atoms with van der Waals surface area (Å²) in [4.78, 5) is 4.87. The van der Waals surface area contributed by atoms with Gasteiger partial charge in [0.2, 0.25) is 0 Å². The maximum Gasteiger partial charge on any atom is 0.105 e. The van der Waals surface area contributed by atoms with Crippen molar-refractivity contribution < 1.29 is 5.11 Å². The van der Waals surface area contributed by atoms with Crippen LogP contribution in [0.1, 0.15) is 68.9 Å². The van der Waals surface area contributed by atoms with Gasteiger partial charge in [0.25, 0.3) is 0 Å². The third-order valence-corrected chi connectivity index (χ3v) is 6.66. The molecule has 0 saturated heterocycles. The molecule has 0 atom stereocenters. The molecular weight excluding hydrogens is 392 g/mol. The molecular formula is C29H40N2O. The fraction of sp³-hybridized carbons (Fsp3) is 0.448. The van der Waals surface area contributed by atoms with E-state index in [9.17, 15) is 5.11 Å². The Hall–Kier alpha value is -2.20. The maximum absolute atomic E-state index is 11.0. The SMILES string of the molecule is CCN(CC)CCC=Cc1ccc2c(c1)C(O)c1cc(C=CCCN(CC)CC)ccc1-2. The Kier molecular flexibility index (Phi) is 9.28. The van der Waals surface area contributed by atoms with Crippen LogP contribution in [-0.4, -0.2) is 54.2 Å². The number of hydrogen-bond donors (Lipinski definition) is 1. The Morgan fingerprint density at radius 2 is 1.09 bits per heavy atom. The molecule has 2 aromatic rings. The van der Waals surface area contributed by atoms with Crippen molar-refractivity contribution in [3.8, 4) is 11.1 Å². The van der Waals surface area contributed by atoms with Crippen LogP contribution < -0.4 is 0 Å². The minimum Gasteiger partial charge on any atom is -0.384 e. The van der Waals surface area contributed by atoms with Crippen molar-refractivity contribution in [3.05, 3.63) is 70.8 Å². The zero-order chi connectivity index (χ0) is 22.9. The van der Waals surface area contributed by atoms with Crippen molar-refractivity contribution in [3.63, 3.8) is 0 Å². The van der Waals surface area contributed by atoms with E-state index in [0.717, 1.165) is 85.5 Å². The lowest BCUT2D eigenvalue weighted by Crippen LogP contribution is -2.23. The Morgan fingerprint density at radius 3 is 1.47 bits per heavy atom. The van der Waals surface area contributed by atoms with Crippen LogP contribution in [0.4, 0.5) is 0 Å². The van der Waals surface area contributed by atoms with E-state index in [1.807, 2.05) is 0 Å². The lowest BCUT2D eigenvalue weighted by molar-refractivity contribution is 0.225. The fourth-order valence-electron chi connectivity index (χ4n) is 4.51. The third-order valence-electron chi connectivity index (χ3n) is 6.66. The molecule has 1 aliphatic rings. The molecule has 3 rings (SSSR count). The highest BCUT2D eigenvalue weighted by Gasteiger charge is 2.27. The summed E-state index contributed by atoms with van der Waals surface area (Å²) in [7, 11) is 0. The van der Waals surface area contributed by atoms with Crippen molar-refractivity contribution in [1.82, 2.24) is 9.80 Å².